The van der Waals surface area contributed by atoms with Crippen LogP contribution in [0.2, 0.25) is 5.02 Å². The average molecular weight is 274 g/mol. The summed E-state index contributed by atoms with van der Waals surface area (Å²) in [5.74, 6) is 0.266. The molecule has 0 saturated carbocycles. The van der Waals surface area contributed by atoms with Gasteiger partial charge < -0.3 is 4.90 Å². The van der Waals surface area contributed by atoms with Crippen LogP contribution in [-0.2, 0) is 9.84 Å². The summed E-state index contributed by atoms with van der Waals surface area (Å²) in [5.41, 5.74) is 1.25. The maximum absolute atomic E-state index is 11.3. The Kier molecular flexibility index (Phi) is 3.40. The van der Waals surface area contributed by atoms with Crippen molar-refractivity contribution in [2.75, 3.05) is 29.5 Å². The first-order valence-electron chi connectivity index (χ1n) is 5.22. The Bertz CT molecular complexity index is 528. The molecule has 1 aromatic rings. The number of hydrogen-bond acceptors (Lipinski definition) is 4. The number of rotatable bonds is 2. The molecule has 6 heteroatoms. The van der Waals surface area contributed by atoms with Crippen LogP contribution in [-0.4, -0.2) is 39.3 Å². The second-order valence-corrected chi connectivity index (χ2v) is 6.70. The third kappa shape index (κ3) is 2.79. The molecule has 0 spiro atoms. The predicted molar refractivity (Wildman–Crippen MR) is 67.7 cm³/mol. The van der Waals surface area contributed by atoms with E-state index in [9.17, 15) is 13.2 Å². The Labute approximate surface area is 105 Å². The summed E-state index contributed by atoms with van der Waals surface area (Å²) < 4.78 is 22.6. The summed E-state index contributed by atoms with van der Waals surface area (Å²) in [4.78, 5) is 12.8. The van der Waals surface area contributed by atoms with Crippen LogP contribution < -0.4 is 4.90 Å². The van der Waals surface area contributed by atoms with Crippen molar-refractivity contribution >= 4 is 33.4 Å². The third-order valence-electron chi connectivity index (χ3n) is 2.80. The fourth-order valence-corrected chi connectivity index (χ4v) is 3.24. The topological polar surface area (TPSA) is 54.5 Å². The van der Waals surface area contributed by atoms with Gasteiger partial charge in [-0.15, -0.1) is 0 Å². The standard InChI is InChI=1S/C11H12ClNO3S/c12-10-1-2-11(9(7-10)8-14)13-3-5-17(15,16)6-4-13/h1-2,7-8H,3-6H2. The van der Waals surface area contributed by atoms with Gasteiger partial charge in [0, 0.05) is 29.4 Å². The minimum absolute atomic E-state index is 0.133. The summed E-state index contributed by atoms with van der Waals surface area (Å²) in [6.45, 7) is 0.843. The zero-order chi connectivity index (χ0) is 12.5. The maximum Gasteiger partial charge on any atom is 0.153 e. The second-order valence-electron chi connectivity index (χ2n) is 3.96. The highest BCUT2D eigenvalue weighted by Crippen LogP contribution is 2.24. The number of sulfone groups is 1. The maximum atomic E-state index is 11.3. The fraction of sp³-hybridized carbons (Fsp3) is 0.364. The summed E-state index contributed by atoms with van der Waals surface area (Å²) >= 11 is 5.81. The van der Waals surface area contributed by atoms with Crippen molar-refractivity contribution in [3.8, 4) is 0 Å². The van der Waals surface area contributed by atoms with Gasteiger partial charge in [-0.05, 0) is 18.2 Å². The third-order valence-corrected chi connectivity index (χ3v) is 4.65. The lowest BCUT2D eigenvalue weighted by atomic mass is 10.1. The Morgan fingerprint density at radius 3 is 2.47 bits per heavy atom. The van der Waals surface area contributed by atoms with E-state index in [1.165, 1.54) is 0 Å². The van der Waals surface area contributed by atoms with Gasteiger partial charge in [0.25, 0.3) is 0 Å². The molecular formula is C11H12ClNO3S. The van der Waals surface area contributed by atoms with Gasteiger partial charge in [-0.1, -0.05) is 11.6 Å². The molecular weight excluding hydrogens is 262 g/mol. The van der Waals surface area contributed by atoms with Gasteiger partial charge in [0.1, 0.15) is 0 Å². The van der Waals surface area contributed by atoms with Crippen molar-refractivity contribution in [3.63, 3.8) is 0 Å². The predicted octanol–water partition coefficient (Wildman–Crippen LogP) is 1.39. The molecule has 1 saturated heterocycles. The van der Waals surface area contributed by atoms with E-state index in [1.807, 2.05) is 4.90 Å². The van der Waals surface area contributed by atoms with Gasteiger partial charge in [0.2, 0.25) is 0 Å². The van der Waals surface area contributed by atoms with Crippen LogP contribution in [0.25, 0.3) is 0 Å². The molecule has 0 aromatic heterocycles. The molecule has 0 bridgehead atoms. The second kappa shape index (κ2) is 4.66. The van der Waals surface area contributed by atoms with Crippen LogP contribution in [0.3, 0.4) is 0 Å². The highest BCUT2D eigenvalue weighted by atomic mass is 35.5. The molecule has 1 aliphatic rings. The summed E-state index contributed by atoms with van der Waals surface area (Å²) in [5, 5.41) is 0.500. The zero-order valence-electron chi connectivity index (χ0n) is 9.10. The average Bonchev–Trinajstić information content (AvgIpc) is 2.29. The van der Waals surface area contributed by atoms with Crippen molar-refractivity contribution in [1.29, 1.82) is 0 Å². The Morgan fingerprint density at radius 2 is 1.88 bits per heavy atom. The molecule has 0 N–H and O–H groups in total. The molecule has 1 aliphatic heterocycles. The molecule has 0 amide bonds. The number of aldehydes is 1. The van der Waals surface area contributed by atoms with Crippen molar-refractivity contribution < 1.29 is 13.2 Å². The number of halogens is 1. The van der Waals surface area contributed by atoms with E-state index < -0.39 is 9.84 Å². The normalized spacial score (nSPS) is 19.0. The molecule has 0 atom stereocenters. The molecule has 2 rings (SSSR count). The van der Waals surface area contributed by atoms with Gasteiger partial charge in [0.15, 0.2) is 16.1 Å². The van der Waals surface area contributed by atoms with Crippen LogP contribution >= 0.6 is 11.6 Å². The van der Waals surface area contributed by atoms with Crippen LogP contribution in [0, 0.1) is 0 Å². The van der Waals surface area contributed by atoms with E-state index >= 15 is 0 Å². The largest absolute Gasteiger partial charge is 0.369 e. The SMILES string of the molecule is O=Cc1cc(Cl)ccc1N1CCS(=O)(=O)CC1. The summed E-state index contributed by atoms with van der Waals surface area (Å²) in [6, 6.07) is 5.05. The monoisotopic (exact) mass is 273 g/mol. The van der Waals surface area contributed by atoms with Gasteiger partial charge in [-0.2, -0.15) is 0 Å². The van der Waals surface area contributed by atoms with Gasteiger partial charge in [-0.25, -0.2) is 8.42 Å². The van der Waals surface area contributed by atoms with E-state index in [-0.39, 0.29) is 11.5 Å². The number of carbonyl (C=O) groups is 1. The van der Waals surface area contributed by atoms with E-state index in [2.05, 4.69) is 0 Å². The van der Waals surface area contributed by atoms with Crippen molar-refractivity contribution in [2.24, 2.45) is 0 Å². The highest BCUT2D eigenvalue weighted by Gasteiger charge is 2.23. The highest BCUT2D eigenvalue weighted by molar-refractivity contribution is 7.91. The molecule has 0 unspecified atom stereocenters. The first-order valence-corrected chi connectivity index (χ1v) is 7.42. The lowest BCUT2D eigenvalue weighted by Gasteiger charge is -2.29. The van der Waals surface area contributed by atoms with Gasteiger partial charge in [-0.3, -0.25) is 4.79 Å². The quantitative estimate of drug-likeness (QED) is 0.764. The summed E-state index contributed by atoms with van der Waals surface area (Å²) in [6.07, 6.45) is 0.740. The van der Waals surface area contributed by atoms with Crippen LogP contribution in [0.4, 0.5) is 5.69 Å². The molecule has 1 fully saturated rings. The Morgan fingerprint density at radius 1 is 1.24 bits per heavy atom. The summed E-state index contributed by atoms with van der Waals surface area (Å²) in [7, 11) is -2.91. The molecule has 0 aliphatic carbocycles. The van der Waals surface area contributed by atoms with E-state index in [0.717, 1.165) is 12.0 Å². The van der Waals surface area contributed by atoms with E-state index in [0.29, 0.717) is 23.7 Å². The van der Waals surface area contributed by atoms with Crippen LogP contribution in [0.15, 0.2) is 18.2 Å². The number of hydrogen-bond donors (Lipinski definition) is 0. The van der Waals surface area contributed by atoms with E-state index in [1.54, 1.807) is 18.2 Å². The van der Waals surface area contributed by atoms with Crippen LogP contribution in [0.1, 0.15) is 10.4 Å². The number of nitrogens with zero attached hydrogens (tertiary/aromatic N) is 1. The molecule has 4 nitrogen and oxygen atoms in total. The Hall–Kier alpha value is -1.07. The molecule has 17 heavy (non-hydrogen) atoms. The van der Waals surface area contributed by atoms with E-state index in [4.69, 9.17) is 11.6 Å². The molecule has 1 aromatic carbocycles. The number of carbonyl (C=O) groups excluding carboxylic acids is 1. The Balaban J connectivity index is 2.27. The van der Waals surface area contributed by atoms with Crippen molar-refractivity contribution in [1.82, 2.24) is 0 Å². The van der Waals surface area contributed by atoms with Gasteiger partial charge in [0.05, 0.1) is 11.5 Å². The first kappa shape index (κ1) is 12.4. The number of anilines is 1. The molecule has 92 valence electrons. The number of benzene rings is 1. The first-order chi connectivity index (χ1) is 8.02. The minimum Gasteiger partial charge on any atom is -0.369 e. The van der Waals surface area contributed by atoms with Crippen molar-refractivity contribution in [2.45, 2.75) is 0 Å². The zero-order valence-corrected chi connectivity index (χ0v) is 10.7. The lowest BCUT2D eigenvalue weighted by molar-refractivity contribution is 0.112. The molecule has 0 radical (unpaired) electrons. The minimum atomic E-state index is -2.91. The lowest BCUT2D eigenvalue weighted by Crippen LogP contribution is -2.40. The fourth-order valence-electron chi connectivity index (χ4n) is 1.86. The van der Waals surface area contributed by atoms with Gasteiger partial charge >= 0.3 is 0 Å². The van der Waals surface area contributed by atoms with Crippen molar-refractivity contribution in [3.05, 3.63) is 28.8 Å². The smallest absolute Gasteiger partial charge is 0.153 e. The van der Waals surface area contributed by atoms with Crippen LogP contribution in [0.5, 0.6) is 0 Å². The molecule has 1 heterocycles.